The predicted octanol–water partition coefficient (Wildman–Crippen LogP) is 2.15. The van der Waals surface area contributed by atoms with E-state index in [1.807, 2.05) is 30.3 Å². The highest BCUT2D eigenvalue weighted by atomic mass is 32.1. The van der Waals surface area contributed by atoms with E-state index in [4.69, 9.17) is 0 Å². The number of H-pyrrole nitrogens is 1. The van der Waals surface area contributed by atoms with Crippen molar-refractivity contribution in [2.45, 2.75) is 0 Å². The molecule has 0 saturated carbocycles. The van der Waals surface area contributed by atoms with Crippen LogP contribution in [0.5, 0.6) is 0 Å². The minimum absolute atomic E-state index is 0.412. The van der Waals surface area contributed by atoms with Crippen LogP contribution in [0.4, 0.5) is 0 Å². The molecule has 0 fully saturated rings. The van der Waals surface area contributed by atoms with Crippen LogP contribution in [-0.2, 0) is 0 Å². The molecule has 0 unspecified atom stereocenters. The summed E-state index contributed by atoms with van der Waals surface area (Å²) < 4.78 is 4.45. The highest BCUT2D eigenvalue weighted by Crippen LogP contribution is 2.29. The second-order valence-corrected chi connectivity index (χ2v) is 4.37. The van der Waals surface area contributed by atoms with Gasteiger partial charge in [-0.3, -0.25) is 9.51 Å². The largest absolute Gasteiger partial charge is 0.439 e. The quantitative estimate of drug-likeness (QED) is 0.750. The van der Waals surface area contributed by atoms with E-state index in [-0.39, 0.29) is 0 Å². The SMILES string of the molecule is O=c1[nH]c(-c2cnc(-c3ccccc3)s2)no1. The summed E-state index contributed by atoms with van der Waals surface area (Å²) in [5, 5.41) is 4.50. The van der Waals surface area contributed by atoms with E-state index in [9.17, 15) is 4.79 Å². The Bertz CT molecular complexity index is 684. The van der Waals surface area contributed by atoms with Gasteiger partial charge in [0.2, 0.25) is 0 Å². The van der Waals surface area contributed by atoms with Crippen LogP contribution in [0.3, 0.4) is 0 Å². The van der Waals surface area contributed by atoms with Gasteiger partial charge < -0.3 is 0 Å². The lowest BCUT2D eigenvalue weighted by Gasteiger charge is -1.92. The first-order valence-electron chi connectivity index (χ1n) is 4.90. The lowest BCUT2D eigenvalue weighted by Crippen LogP contribution is -1.94. The number of benzene rings is 1. The molecule has 17 heavy (non-hydrogen) atoms. The van der Waals surface area contributed by atoms with E-state index in [1.54, 1.807) is 6.20 Å². The third-order valence-corrected chi connectivity index (χ3v) is 3.25. The topological polar surface area (TPSA) is 71.8 Å². The first kappa shape index (κ1) is 9.98. The number of rotatable bonds is 2. The monoisotopic (exact) mass is 245 g/mol. The number of aromatic amines is 1. The molecule has 0 spiro atoms. The molecule has 0 aliphatic carbocycles. The van der Waals surface area contributed by atoms with Gasteiger partial charge in [0.15, 0.2) is 5.82 Å². The van der Waals surface area contributed by atoms with Gasteiger partial charge in [-0.1, -0.05) is 35.5 Å². The molecule has 6 heteroatoms. The maximum Gasteiger partial charge on any atom is 0.439 e. The number of hydrogen-bond donors (Lipinski definition) is 1. The number of aromatic nitrogens is 3. The molecule has 0 aliphatic rings. The molecule has 1 aromatic carbocycles. The summed E-state index contributed by atoms with van der Waals surface area (Å²) >= 11 is 1.45. The van der Waals surface area contributed by atoms with Gasteiger partial charge in [-0.25, -0.2) is 9.78 Å². The smallest absolute Gasteiger partial charge is 0.296 e. The average Bonchev–Trinajstić information content (AvgIpc) is 2.98. The molecule has 3 rings (SSSR count). The van der Waals surface area contributed by atoms with Crippen LogP contribution in [0.1, 0.15) is 0 Å². The fourth-order valence-corrected chi connectivity index (χ4v) is 2.29. The molecule has 3 aromatic rings. The molecule has 2 aromatic heterocycles. The Labute approximate surface area is 99.8 Å². The summed E-state index contributed by atoms with van der Waals surface area (Å²) in [6.07, 6.45) is 1.67. The van der Waals surface area contributed by atoms with Crippen molar-refractivity contribution < 1.29 is 4.52 Å². The summed E-state index contributed by atoms with van der Waals surface area (Å²) in [7, 11) is 0. The molecule has 0 amide bonds. The van der Waals surface area contributed by atoms with Gasteiger partial charge in [0, 0.05) is 11.8 Å². The Kier molecular flexibility index (Phi) is 2.34. The lowest BCUT2D eigenvalue weighted by atomic mass is 10.2. The maximum absolute atomic E-state index is 10.8. The zero-order valence-corrected chi connectivity index (χ0v) is 9.40. The third kappa shape index (κ3) is 1.90. The second-order valence-electron chi connectivity index (χ2n) is 3.34. The van der Waals surface area contributed by atoms with Crippen molar-refractivity contribution in [1.82, 2.24) is 15.1 Å². The van der Waals surface area contributed by atoms with Crippen molar-refractivity contribution in [3.63, 3.8) is 0 Å². The van der Waals surface area contributed by atoms with Crippen LogP contribution in [-0.4, -0.2) is 15.1 Å². The summed E-state index contributed by atoms with van der Waals surface area (Å²) in [6.45, 7) is 0. The van der Waals surface area contributed by atoms with E-state index in [0.29, 0.717) is 5.82 Å². The molecule has 0 saturated heterocycles. The minimum Gasteiger partial charge on any atom is -0.296 e. The van der Waals surface area contributed by atoms with Gasteiger partial charge in [-0.2, -0.15) is 0 Å². The summed E-state index contributed by atoms with van der Waals surface area (Å²) in [4.78, 5) is 18.4. The molecular weight excluding hydrogens is 238 g/mol. The highest BCUT2D eigenvalue weighted by Gasteiger charge is 2.09. The predicted molar refractivity (Wildman–Crippen MR) is 63.7 cm³/mol. The van der Waals surface area contributed by atoms with Crippen molar-refractivity contribution in [2.75, 3.05) is 0 Å². The molecule has 5 nitrogen and oxygen atoms in total. The van der Waals surface area contributed by atoms with Crippen LogP contribution in [0.15, 0.2) is 45.8 Å². The summed E-state index contributed by atoms with van der Waals surface area (Å²) in [5.74, 6) is -0.149. The van der Waals surface area contributed by atoms with Crippen molar-refractivity contribution >= 4 is 11.3 Å². The molecule has 2 heterocycles. The van der Waals surface area contributed by atoms with Gasteiger partial charge in [-0.05, 0) is 0 Å². The normalized spacial score (nSPS) is 10.6. The summed E-state index contributed by atoms with van der Waals surface area (Å²) in [5.41, 5.74) is 1.04. The van der Waals surface area contributed by atoms with Crippen LogP contribution in [0.2, 0.25) is 0 Å². The van der Waals surface area contributed by atoms with Crippen molar-refractivity contribution in [3.8, 4) is 21.3 Å². The molecule has 0 radical (unpaired) electrons. The van der Waals surface area contributed by atoms with Gasteiger partial charge in [0.25, 0.3) is 0 Å². The number of hydrogen-bond acceptors (Lipinski definition) is 5. The number of nitrogens with zero attached hydrogens (tertiary/aromatic N) is 2. The maximum atomic E-state index is 10.8. The van der Waals surface area contributed by atoms with Crippen molar-refractivity contribution in [3.05, 3.63) is 47.1 Å². The Hall–Kier alpha value is -2.21. The van der Waals surface area contributed by atoms with E-state index < -0.39 is 5.76 Å². The first-order chi connectivity index (χ1) is 8.33. The number of thiazole rings is 1. The average molecular weight is 245 g/mol. The van der Waals surface area contributed by atoms with Gasteiger partial charge in [0.1, 0.15) is 5.01 Å². The fourth-order valence-electron chi connectivity index (χ4n) is 1.43. The van der Waals surface area contributed by atoms with Crippen LogP contribution < -0.4 is 5.76 Å². The number of nitrogens with one attached hydrogen (secondary N) is 1. The van der Waals surface area contributed by atoms with Crippen LogP contribution >= 0.6 is 11.3 Å². The Morgan fingerprint density at radius 1 is 1.24 bits per heavy atom. The van der Waals surface area contributed by atoms with Crippen molar-refractivity contribution in [1.29, 1.82) is 0 Å². The standard InChI is InChI=1S/C11H7N3O2S/c15-11-13-9(14-16-11)8-6-12-10(17-8)7-4-2-1-3-5-7/h1-6H,(H,13,14,15). The van der Waals surface area contributed by atoms with Gasteiger partial charge in [-0.15, -0.1) is 11.3 Å². The minimum atomic E-state index is -0.560. The molecule has 0 atom stereocenters. The van der Waals surface area contributed by atoms with E-state index in [2.05, 4.69) is 19.6 Å². The Morgan fingerprint density at radius 3 is 2.76 bits per heavy atom. The lowest BCUT2D eigenvalue weighted by molar-refractivity contribution is 0.388. The second kappa shape index (κ2) is 3.99. The zero-order valence-electron chi connectivity index (χ0n) is 8.58. The van der Waals surface area contributed by atoms with E-state index >= 15 is 0 Å². The van der Waals surface area contributed by atoms with Crippen molar-refractivity contribution in [2.24, 2.45) is 0 Å². The third-order valence-electron chi connectivity index (χ3n) is 2.20. The molecular formula is C11H7N3O2S. The molecule has 0 bridgehead atoms. The fraction of sp³-hybridized carbons (Fsp3) is 0. The summed E-state index contributed by atoms with van der Waals surface area (Å²) in [6, 6.07) is 9.82. The van der Waals surface area contributed by atoms with Gasteiger partial charge >= 0.3 is 5.76 Å². The Morgan fingerprint density at radius 2 is 2.06 bits per heavy atom. The molecule has 84 valence electrons. The van der Waals surface area contributed by atoms with Crippen LogP contribution in [0, 0.1) is 0 Å². The molecule has 1 N–H and O–H groups in total. The first-order valence-corrected chi connectivity index (χ1v) is 5.72. The van der Waals surface area contributed by atoms with Crippen LogP contribution in [0.25, 0.3) is 21.3 Å². The Balaban J connectivity index is 2.01. The zero-order chi connectivity index (χ0) is 11.7. The highest BCUT2D eigenvalue weighted by molar-refractivity contribution is 7.18. The van der Waals surface area contributed by atoms with E-state index in [1.165, 1.54) is 11.3 Å². The molecule has 0 aliphatic heterocycles. The van der Waals surface area contributed by atoms with E-state index in [0.717, 1.165) is 15.4 Å². The van der Waals surface area contributed by atoms with Gasteiger partial charge in [0.05, 0.1) is 4.88 Å².